The molecule has 0 bridgehead atoms. The van der Waals surface area contributed by atoms with Gasteiger partial charge in [-0.2, -0.15) is 0 Å². The maximum absolute atomic E-state index is 11.6. The lowest BCUT2D eigenvalue weighted by molar-refractivity contribution is -0.133. The van der Waals surface area contributed by atoms with E-state index in [0.29, 0.717) is 6.04 Å². The SMILES string of the molecule is CC(NC(=O)C(C)(C)C)C(=O)NC1CC1. The fourth-order valence-electron chi connectivity index (χ4n) is 1.03. The van der Waals surface area contributed by atoms with E-state index in [-0.39, 0.29) is 11.8 Å². The minimum Gasteiger partial charge on any atom is -0.352 e. The maximum Gasteiger partial charge on any atom is 0.242 e. The minimum absolute atomic E-state index is 0.0879. The van der Waals surface area contributed by atoms with Gasteiger partial charge in [-0.3, -0.25) is 9.59 Å². The number of hydrogen-bond acceptors (Lipinski definition) is 2. The predicted octanol–water partition coefficient (Wildman–Crippen LogP) is 0.816. The molecule has 1 aliphatic rings. The third-order valence-corrected chi connectivity index (χ3v) is 2.35. The smallest absolute Gasteiger partial charge is 0.242 e. The van der Waals surface area contributed by atoms with Crippen LogP contribution < -0.4 is 10.6 Å². The van der Waals surface area contributed by atoms with Gasteiger partial charge in [-0.1, -0.05) is 20.8 Å². The summed E-state index contributed by atoms with van der Waals surface area (Å²) in [5.74, 6) is -0.184. The largest absolute Gasteiger partial charge is 0.352 e. The Morgan fingerprint density at radius 3 is 2.20 bits per heavy atom. The molecule has 4 heteroatoms. The molecule has 0 aromatic carbocycles. The van der Waals surface area contributed by atoms with Crippen molar-refractivity contribution in [1.82, 2.24) is 10.6 Å². The maximum atomic E-state index is 11.6. The average molecular weight is 212 g/mol. The molecule has 0 aromatic heterocycles. The number of carbonyl (C=O) groups excluding carboxylic acids is 2. The highest BCUT2D eigenvalue weighted by molar-refractivity contribution is 5.89. The van der Waals surface area contributed by atoms with Gasteiger partial charge in [0.1, 0.15) is 6.04 Å². The standard InChI is InChI=1S/C11H20N2O2/c1-7(9(14)13-8-5-6-8)12-10(15)11(2,3)4/h7-8H,5-6H2,1-4H3,(H,12,15)(H,13,14). The van der Waals surface area contributed by atoms with Crippen LogP contribution in [0.5, 0.6) is 0 Å². The molecule has 15 heavy (non-hydrogen) atoms. The first-order valence-corrected chi connectivity index (χ1v) is 5.42. The molecule has 1 rings (SSSR count). The first-order valence-electron chi connectivity index (χ1n) is 5.42. The summed E-state index contributed by atoms with van der Waals surface area (Å²) >= 11 is 0. The molecule has 1 atom stereocenters. The second-order valence-electron chi connectivity index (χ2n) is 5.23. The lowest BCUT2D eigenvalue weighted by atomic mass is 9.95. The van der Waals surface area contributed by atoms with Crippen LogP contribution in [0, 0.1) is 5.41 Å². The molecule has 0 saturated heterocycles. The molecule has 0 aliphatic heterocycles. The summed E-state index contributed by atoms with van der Waals surface area (Å²) in [6.45, 7) is 7.19. The molecule has 2 N–H and O–H groups in total. The van der Waals surface area contributed by atoms with Crippen molar-refractivity contribution in [2.24, 2.45) is 5.41 Å². The lowest BCUT2D eigenvalue weighted by Crippen LogP contribution is -2.48. The van der Waals surface area contributed by atoms with Crippen LogP contribution in [0.4, 0.5) is 0 Å². The summed E-state index contributed by atoms with van der Waals surface area (Å²) in [5, 5.41) is 5.56. The Morgan fingerprint density at radius 1 is 1.27 bits per heavy atom. The number of carbonyl (C=O) groups is 2. The Morgan fingerprint density at radius 2 is 1.80 bits per heavy atom. The van der Waals surface area contributed by atoms with E-state index in [1.54, 1.807) is 6.92 Å². The number of amides is 2. The van der Waals surface area contributed by atoms with Crippen LogP contribution in [0.25, 0.3) is 0 Å². The monoisotopic (exact) mass is 212 g/mol. The van der Waals surface area contributed by atoms with Gasteiger partial charge in [-0.25, -0.2) is 0 Å². The molecule has 0 spiro atoms. The summed E-state index contributed by atoms with van der Waals surface area (Å²) < 4.78 is 0. The Hall–Kier alpha value is -1.06. The summed E-state index contributed by atoms with van der Waals surface area (Å²) in [5.41, 5.74) is -0.450. The number of nitrogens with one attached hydrogen (secondary N) is 2. The highest BCUT2D eigenvalue weighted by Gasteiger charge is 2.28. The zero-order valence-corrected chi connectivity index (χ0v) is 9.89. The van der Waals surface area contributed by atoms with E-state index in [0.717, 1.165) is 12.8 Å². The van der Waals surface area contributed by atoms with Crippen molar-refractivity contribution in [3.63, 3.8) is 0 Å². The van der Waals surface area contributed by atoms with Crippen LogP contribution in [-0.4, -0.2) is 23.9 Å². The van der Waals surface area contributed by atoms with E-state index in [2.05, 4.69) is 10.6 Å². The summed E-state index contributed by atoms with van der Waals surface area (Å²) in [4.78, 5) is 23.1. The zero-order valence-electron chi connectivity index (χ0n) is 9.89. The molecular weight excluding hydrogens is 192 g/mol. The molecule has 0 radical (unpaired) electrons. The molecular formula is C11H20N2O2. The molecule has 1 saturated carbocycles. The van der Waals surface area contributed by atoms with Crippen molar-refractivity contribution < 1.29 is 9.59 Å². The van der Waals surface area contributed by atoms with E-state index in [9.17, 15) is 9.59 Å². The third kappa shape index (κ3) is 3.90. The summed E-state index contributed by atoms with van der Waals surface area (Å²) in [6, 6.07) is -0.108. The average Bonchev–Trinajstić information content (AvgIpc) is 2.86. The van der Waals surface area contributed by atoms with Crippen LogP contribution in [-0.2, 0) is 9.59 Å². The molecule has 4 nitrogen and oxygen atoms in total. The molecule has 1 unspecified atom stereocenters. The van der Waals surface area contributed by atoms with Gasteiger partial charge in [0.2, 0.25) is 11.8 Å². The van der Waals surface area contributed by atoms with Crippen molar-refractivity contribution in [3.05, 3.63) is 0 Å². The summed E-state index contributed by atoms with van der Waals surface area (Å²) in [7, 11) is 0. The zero-order chi connectivity index (χ0) is 11.6. The minimum atomic E-state index is -0.450. The van der Waals surface area contributed by atoms with Crippen LogP contribution >= 0.6 is 0 Å². The van der Waals surface area contributed by atoms with Gasteiger partial charge in [0, 0.05) is 11.5 Å². The van der Waals surface area contributed by atoms with Crippen LogP contribution in [0.2, 0.25) is 0 Å². The molecule has 1 fully saturated rings. The Kier molecular flexibility index (Phi) is 3.37. The van der Waals surface area contributed by atoms with Gasteiger partial charge in [-0.05, 0) is 19.8 Å². The predicted molar refractivity (Wildman–Crippen MR) is 58.2 cm³/mol. The third-order valence-electron chi connectivity index (χ3n) is 2.35. The molecule has 1 aliphatic carbocycles. The molecule has 2 amide bonds. The fraction of sp³-hybridized carbons (Fsp3) is 0.818. The number of hydrogen-bond donors (Lipinski definition) is 2. The number of rotatable bonds is 3. The molecule has 0 aromatic rings. The second-order valence-corrected chi connectivity index (χ2v) is 5.23. The topological polar surface area (TPSA) is 58.2 Å². The van der Waals surface area contributed by atoms with E-state index in [4.69, 9.17) is 0 Å². The fourth-order valence-corrected chi connectivity index (χ4v) is 1.03. The highest BCUT2D eigenvalue weighted by Crippen LogP contribution is 2.18. The van der Waals surface area contributed by atoms with E-state index >= 15 is 0 Å². The van der Waals surface area contributed by atoms with Crippen molar-refractivity contribution in [1.29, 1.82) is 0 Å². The van der Waals surface area contributed by atoms with Crippen LogP contribution in [0.3, 0.4) is 0 Å². The van der Waals surface area contributed by atoms with Crippen molar-refractivity contribution in [3.8, 4) is 0 Å². The second kappa shape index (κ2) is 4.21. The van der Waals surface area contributed by atoms with Crippen molar-refractivity contribution >= 4 is 11.8 Å². The van der Waals surface area contributed by atoms with Gasteiger partial charge >= 0.3 is 0 Å². The first-order chi connectivity index (χ1) is 6.80. The summed E-state index contributed by atoms with van der Waals surface area (Å²) in [6.07, 6.45) is 2.12. The Labute approximate surface area is 90.8 Å². The quantitative estimate of drug-likeness (QED) is 0.727. The van der Waals surface area contributed by atoms with Gasteiger partial charge < -0.3 is 10.6 Å². The van der Waals surface area contributed by atoms with E-state index in [1.807, 2.05) is 20.8 Å². The van der Waals surface area contributed by atoms with Crippen molar-refractivity contribution in [2.75, 3.05) is 0 Å². The normalized spacial score (nSPS) is 18.1. The Balaban J connectivity index is 2.36. The first kappa shape index (κ1) is 12.0. The van der Waals surface area contributed by atoms with Gasteiger partial charge in [0.25, 0.3) is 0 Å². The highest BCUT2D eigenvalue weighted by atomic mass is 16.2. The van der Waals surface area contributed by atoms with Crippen LogP contribution in [0.15, 0.2) is 0 Å². The molecule has 0 heterocycles. The lowest BCUT2D eigenvalue weighted by Gasteiger charge is -2.21. The van der Waals surface area contributed by atoms with Gasteiger partial charge in [0.05, 0.1) is 0 Å². The van der Waals surface area contributed by atoms with E-state index in [1.165, 1.54) is 0 Å². The van der Waals surface area contributed by atoms with E-state index < -0.39 is 11.5 Å². The molecule has 86 valence electrons. The van der Waals surface area contributed by atoms with Crippen LogP contribution in [0.1, 0.15) is 40.5 Å². The van der Waals surface area contributed by atoms with Gasteiger partial charge in [0.15, 0.2) is 0 Å². The van der Waals surface area contributed by atoms with Gasteiger partial charge in [-0.15, -0.1) is 0 Å². The van der Waals surface area contributed by atoms with Crippen molar-refractivity contribution in [2.45, 2.75) is 52.6 Å². The Bertz CT molecular complexity index is 264.